The van der Waals surface area contributed by atoms with Crippen LogP contribution in [0.15, 0.2) is 9.95 Å². The number of rotatable bonds is 3. The maximum Gasteiger partial charge on any atom is 0.389 e. The molecule has 0 bridgehead atoms. The fourth-order valence-corrected chi connectivity index (χ4v) is 4.64. The predicted molar refractivity (Wildman–Crippen MR) is 78.3 cm³/mol. The Morgan fingerprint density at radius 1 is 1.29 bits per heavy atom. The second-order valence-electron chi connectivity index (χ2n) is 4.98. The highest BCUT2D eigenvalue weighted by atomic mass is 32.2. The van der Waals surface area contributed by atoms with Crippen LogP contribution >= 0.6 is 23.1 Å². The van der Waals surface area contributed by atoms with Gasteiger partial charge in [-0.25, -0.2) is 4.98 Å². The third-order valence-corrected chi connectivity index (χ3v) is 5.49. The van der Waals surface area contributed by atoms with Crippen LogP contribution in [0.2, 0.25) is 0 Å². The summed E-state index contributed by atoms with van der Waals surface area (Å²) in [6, 6.07) is 0. The van der Waals surface area contributed by atoms with E-state index in [1.165, 1.54) is 16.2 Å². The lowest BCUT2D eigenvalue weighted by atomic mass is 9.97. The molecule has 0 aliphatic heterocycles. The van der Waals surface area contributed by atoms with Gasteiger partial charge in [-0.05, 0) is 31.2 Å². The van der Waals surface area contributed by atoms with Crippen LogP contribution in [0.1, 0.15) is 29.7 Å². The van der Waals surface area contributed by atoms with E-state index in [0.717, 1.165) is 43.0 Å². The van der Waals surface area contributed by atoms with E-state index in [1.807, 2.05) is 0 Å². The molecular weight excluding hydrogens is 321 g/mol. The molecule has 0 aromatic carbocycles. The van der Waals surface area contributed by atoms with E-state index in [2.05, 4.69) is 9.97 Å². The van der Waals surface area contributed by atoms with Crippen molar-refractivity contribution in [3.05, 3.63) is 20.8 Å². The van der Waals surface area contributed by atoms with Crippen LogP contribution in [0.25, 0.3) is 10.2 Å². The molecule has 2 heterocycles. The molecule has 1 aliphatic carbocycles. The van der Waals surface area contributed by atoms with Crippen molar-refractivity contribution >= 4 is 33.3 Å². The summed E-state index contributed by atoms with van der Waals surface area (Å²) in [6.07, 6.45) is -1.03. The summed E-state index contributed by atoms with van der Waals surface area (Å²) in [5, 5.41) is 0.908. The second-order valence-corrected chi connectivity index (χ2v) is 7.14. The topological polar surface area (TPSA) is 45.8 Å². The molecule has 0 fully saturated rings. The minimum Gasteiger partial charge on any atom is -0.301 e. The predicted octanol–water partition coefficient (Wildman–Crippen LogP) is 3.91. The summed E-state index contributed by atoms with van der Waals surface area (Å²) in [4.78, 5) is 20.9. The van der Waals surface area contributed by atoms with Crippen molar-refractivity contribution < 1.29 is 13.2 Å². The third kappa shape index (κ3) is 3.26. The number of thioether (sulfide) groups is 1. The Bertz CT molecular complexity index is 721. The molecule has 1 aliphatic rings. The number of hydrogen-bond donors (Lipinski definition) is 1. The van der Waals surface area contributed by atoms with Gasteiger partial charge in [0, 0.05) is 10.6 Å². The van der Waals surface area contributed by atoms with Crippen LogP contribution in [0, 0.1) is 0 Å². The number of H-pyrrole nitrogens is 1. The van der Waals surface area contributed by atoms with Crippen LogP contribution in [-0.4, -0.2) is 21.9 Å². The molecule has 114 valence electrons. The first kappa shape index (κ1) is 14.9. The Labute approximate surface area is 127 Å². The number of aromatic amines is 1. The van der Waals surface area contributed by atoms with Crippen molar-refractivity contribution in [2.24, 2.45) is 0 Å². The van der Waals surface area contributed by atoms with Gasteiger partial charge in [-0.15, -0.1) is 11.3 Å². The highest BCUT2D eigenvalue weighted by Gasteiger charge is 2.26. The van der Waals surface area contributed by atoms with Gasteiger partial charge < -0.3 is 4.98 Å². The van der Waals surface area contributed by atoms with Gasteiger partial charge in [-0.3, -0.25) is 4.79 Å². The zero-order valence-electron chi connectivity index (χ0n) is 11.0. The molecule has 0 saturated carbocycles. The maximum absolute atomic E-state index is 12.2. The number of nitrogens with one attached hydrogen (secondary N) is 1. The summed E-state index contributed by atoms with van der Waals surface area (Å²) in [7, 11) is 0. The lowest BCUT2D eigenvalue weighted by molar-refractivity contribution is -0.129. The van der Waals surface area contributed by atoms with Gasteiger partial charge in [-0.1, -0.05) is 11.8 Å². The molecular formula is C13H13F3N2OS2. The number of aryl methyl sites for hydroxylation is 2. The van der Waals surface area contributed by atoms with Gasteiger partial charge in [0.05, 0.1) is 11.8 Å². The number of halogens is 3. The fraction of sp³-hybridized carbons (Fsp3) is 0.538. The van der Waals surface area contributed by atoms with Crippen LogP contribution in [0.5, 0.6) is 0 Å². The third-order valence-electron chi connectivity index (χ3n) is 3.43. The molecule has 1 N–H and O–H groups in total. The molecule has 2 aromatic rings. The van der Waals surface area contributed by atoms with Gasteiger partial charge in [0.2, 0.25) is 0 Å². The molecule has 8 heteroatoms. The van der Waals surface area contributed by atoms with E-state index < -0.39 is 12.6 Å². The van der Waals surface area contributed by atoms with Crippen molar-refractivity contribution in [3.8, 4) is 0 Å². The molecule has 0 spiro atoms. The first-order chi connectivity index (χ1) is 9.94. The molecule has 3 nitrogen and oxygen atoms in total. The highest BCUT2D eigenvalue weighted by Crippen LogP contribution is 2.34. The van der Waals surface area contributed by atoms with Gasteiger partial charge in [0.25, 0.3) is 5.56 Å². The first-order valence-electron chi connectivity index (χ1n) is 6.68. The average Bonchev–Trinajstić information content (AvgIpc) is 2.75. The lowest BCUT2D eigenvalue weighted by Gasteiger charge is -2.09. The Kier molecular flexibility index (Phi) is 4.00. The summed E-state index contributed by atoms with van der Waals surface area (Å²) in [5.74, 6) is -0.136. The quantitative estimate of drug-likeness (QED) is 0.684. The summed E-state index contributed by atoms with van der Waals surface area (Å²) < 4.78 is 36.4. The Balaban J connectivity index is 1.87. The van der Waals surface area contributed by atoms with E-state index in [1.54, 1.807) is 0 Å². The molecule has 0 unspecified atom stereocenters. The lowest BCUT2D eigenvalue weighted by Crippen LogP contribution is -2.12. The Morgan fingerprint density at radius 3 is 2.81 bits per heavy atom. The number of thiophene rings is 1. The number of nitrogens with zero attached hydrogens (tertiary/aromatic N) is 1. The van der Waals surface area contributed by atoms with Gasteiger partial charge in [0.15, 0.2) is 5.16 Å². The average molecular weight is 334 g/mol. The minimum atomic E-state index is -4.18. The maximum atomic E-state index is 12.2. The van der Waals surface area contributed by atoms with Crippen LogP contribution in [0.3, 0.4) is 0 Å². The SMILES string of the molecule is O=c1[nH]c(SCCC(F)(F)F)nc2sc3c(c12)CCCC3. The molecule has 0 amide bonds. The van der Waals surface area contributed by atoms with Gasteiger partial charge >= 0.3 is 6.18 Å². The van der Waals surface area contributed by atoms with Gasteiger partial charge in [0.1, 0.15) is 4.83 Å². The van der Waals surface area contributed by atoms with Crippen LogP contribution < -0.4 is 5.56 Å². The smallest absolute Gasteiger partial charge is 0.301 e. The van der Waals surface area contributed by atoms with Gasteiger partial charge in [-0.2, -0.15) is 13.2 Å². The van der Waals surface area contributed by atoms with Crippen molar-refractivity contribution in [1.29, 1.82) is 0 Å². The van der Waals surface area contributed by atoms with E-state index in [0.29, 0.717) is 10.2 Å². The fourth-order valence-electron chi connectivity index (χ4n) is 2.48. The molecule has 3 rings (SSSR count). The Hall–Kier alpha value is -1.02. The van der Waals surface area contributed by atoms with E-state index in [9.17, 15) is 18.0 Å². The molecule has 21 heavy (non-hydrogen) atoms. The molecule has 2 aromatic heterocycles. The number of fused-ring (bicyclic) bond motifs is 3. The standard InChI is InChI=1S/C13H13F3N2OS2/c14-13(15,16)5-6-20-12-17-10(19)9-7-3-1-2-4-8(7)21-11(9)18-12/h1-6H2,(H,17,18,19). The van der Waals surface area contributed by atoms with Crippen molar-refractivity contribution in [3.63, 3.8) is 0 Å². The number of aromatic nitrogens is 2. The first-order valence-corrected chi connectivity index (χ1v) is 8.48. The normalized spacial score (nSPS) is 15.4. The largest absolute Gasteiger partial charge is 0.389 e. The Morgan fingerprint density at radius 2 is 2.05 bits per heavy atom. The summed E-state index contributed by atoms with van der Waals surface area (Å²) in [5.41, 5.74) is 0.857. The van der Waals surface area contributed by atoms with Crippen LogP contribution in [-0.2, 0) is 12.8 Å². The molecule has 0 saturated heterocycles. The number of hydrogen-bond acceptors (Lipinski definition) is 4. The highest BCUT2D eigenvalue weighted by molar-refractivity contribution is 7.99. The van der Waals surface area contributed by atoms with E-state index >= 15 is 0 Å². The van der Waals surface area contributed by atoms with E-state index in [-0.39, 0.29) is 16.5 Å². The van der Waals surface area contributed by atoms with Crippen molar-refractivity contribution in [1.82, 2.24) is 9.97 Å². The van der Waals surface area contributed by atoms with Crippen LogP contribution in [0.4, 0.5) is 13.2 Å². The summed E-state index contributed by atoms with van der Waals surface area (Å²) in [6.45, 7) is 0. The summed E-state index contributed by atoms with van der Waals surface area (Å²) >= 11 is 2.44. The van der Waals surface area contributed by atoms with E-state index in [4.69, 9.17) is 0 Å². The zero-order chi connectivity index (χ0) is 15.0. The zero-order valence-corrected chi connectivity index (χ0v) is 12.7. The molecule has 0 radical (unpaired) electrons. The minimum absolute atomic E-state index is 0.136. The number of alkyl halides is 3. The van der Waals surface area contributed by atoms with Crippen molar-refractivity contribution in [2.45, 2.75) is 43.4 Å². The second kappa shape index (κ2) is 5.64. The monoisotopic (exact) mass is 334 g/mol. The van der Waals surface area contributed by atoms with Crippen molar-refractivity contribution in [2.75, 3.05) is 5.75 Å². The molecule has 0 atom stereocenters.